The van der Waals surface area contributed by atoms with Crippen molar-refractivity contribution in [2.45, 2.75) is 51.2 Å². The number of esters is 1. The van der Waals surface area contributed by atoms with Crippen LogP contribution in [-0.2, 0) is 16.6 Å². The molecule has 0 spiro atoms. The second-order valence-electron chi connectivity index (χ2n) is 6.40. The number of carbonyl (C=O) groups is 1. The van der Waals surface area contributed by atoms with Crippen LogP contribution in [0.15, 0.2) is 12.4 Å². The van der Waals surface area contributed by atoms with Gasteiger partial charge in [-0.1, -0.05) is 19.8 Å². The molecule has 1 aliphatic rings. The van der Waals surface area contributed by atoms with Crippen molar-refractivity contribution >= 4 is 5.97 Å². The Morgan fingerprint density at radius 3 is 2.70 bits per heavy atom. The third-order valence-corrected chi connectivity index (χ3v) is 4.89. The molecule has 1 aromatic heterocycles. The molecule has 2 unspecified atom stereocenters. The fourth-order valence-electron chi connectivity index (χ4n) is 3.40. The molecule has 2 rings (SSSR count). The van der Waals surface area contributed by atoms with Crippen LogP contribution in [0.3, 0.4) is 0 Å². The van der Waals surface area contributed by atoms with E-state index in [0.717, 1.165) is 51.0 Å². The number of hydrogen-bond acceptors (Lipinski definition) is 5. The van der Waals surface area contributed by atoms with Crippen molar-refractivity contribution in [3.63, 3.8) is 0 Å². The monoisotopic (exact) mass is 323 g/mol. The molecule has 0 bridgehead atoms. The summed E-state index contributed by atoms with van der Waals surface area (Å²) in [4.78, 5) is 18.5. The summed E-state index contributed by atoms with van der Waals surface area (Å²) in [5.74, 6) is 0.775. The Morgan fingerprint density at radius 2 is 2.17 bits per heavy atom. The van der Waals surface area contributed by atoms with Crippen molar-refractivity contribution in [2.75, 3.05) is 20.2 Å². The first-order valence-corrected chi connectivity index (χ1v) is 8.55. The van der Waals surface area contributed by atoms with E-state index in [-0.39, 0.29) is 17.9 Å². The number of likely N-dealkylation sites (tertiary alicyclic amines) is 1. The van der Waals surface area contributed by atoms with Gasteiger partial charge in [-0.3, -0.25) is 9.69 Å². The number of rotatable bonds is 7. The molecule has 0 amide bonds. The predicted molar refractivity (Wildman–Crippen MR) is 87.8 cm³/mol. The van der Waals surface area contributed by atoms with Crippen LogP contribution in [0.1, 0.15) is 51.0 Å². The predicted octanol–water partition coefficient (Wildman–Crippen LogP) is 1.90. The zero-order valence-electron chi connectivity index (χ0n) is 14.4. The molecule has 23 heavy (non-hydrogen) atoms. The van der Waals surface area contributed by atoms with Gasteiger partial charge in [-0.2, -0.15) is 0 Å². The van der Waals surface area contributed by atoms with Crippen LogP contribution < -0.4 is 0 Å². The highest BCUT2D eigenvalue weighted by molar-refractivity contribution is 5.75. The maximum Gasteiger partial charge on any atom is 0.323 e. The van der Waals surface area contributed by atoms with Gasteiger partial charge in [0.15, 0.2) is 0 Å². The third kappa shape index (κ3) is 4.32. The minimum atomic E-state index is -0.538. The van der Waals surface area contributed by atoms with Crippen molar-refractivity contribution in [3.05, 3.63) is 18.2 Å². The number of unbranched alkanes of at least 4 members (excludes halogenated alkanes) is 1. The van der Waals surface area contributed by atoms with Crippen molar-refractivity contribution in [1.29, 1.82) is 0 Å². The van der Waals surface area contributed by atoms with Crippen LogP contribution in [0, 0.1) is 5.92 Å². The van der Waals surface area contributed by atoms with Gasteiger partial charge < -0.3 is 14.4 Å². The van der Waals surface area contributed by atoms with Crippen molar-refractivity contribution in [2.24, 2.45) is 13.0 Å². The standard InChI is InChI=1S/C17H29N3O3/c1-4-5-6-14(17(22)23-3)20-10-7-13(8-11-20)15(21)16-18-9-12-19(16)2/h9,12-15,21H,4-8,10-11H2,1-3H3. The number of aromatic nitrogens is 2. The first kappa shape index (κ1) is 17.9. The van der Waals surface area contributed by atoms with Gasteiger partial charge in [0, 0.05) is 19.4 Å². The SMILES string of the molecule is CCCCC(C(=O)OC)N1CCC(C(O)c2nccn2C)CC1. The molecular formula is C17H29N3O3. The lowest BCUT2D eigenvalue weighted by Gasteiger charge is -2.37. The van der Waals surface area contributed by atoms with E-state index >= 15 is 0 Å². The molecular weight excluding hydrogens is 294 g/mol. The molecule has 6 nitrogen and oxygen atoms in total. The fraction of sp³-hybridized carbons (Fsp3) is 0.765. The van der Waals surface area contributed by atoms with Crippen LogP contribution in [0.4, 0.5) is 0 Å². The smallest absolute Gasteiger partial charge is 0.323 e. The molecule has 1 saturated heterocycles. The Kier molecular flexibility index (Phi) is 6.59. The average Bonchev–Trinajstić information content (AvgIpc) is 3.00. The number of carbonyl (C=O) groups excluding carboxylic acids is 1. The molecule has 1 aromatic rings. The lowest BCUT2D eigenvalue weighted by molar-refractivity contribution is -0.148. The number of aliphatic hydroxyl groups excluding tert-OH is 1. The van der Waals surface area contributed by atoms with E-state index in [2.05, 4.69) is 16.8 Å². The zero-order chi connectivity index (χ0) is 16.8. The molecule has 2 atom stereocenters. The summed E-state index contributed by atoms with van der Waals surface area (Å²) in [6.07, 6.45) is 7.70. The van der Waals surface area contributed by atoms with Crippen LogP contribution in [0.25, 0.3) is 0 Å². The molecule has 130 valence electrons. The van der Waals surface area contributed by atoms with E-state index in [9.17, 15) is 9.90 Å². The first-order valence-electron chi connectivity index (χ1n) is 8.55. The first-order chi connectivity index (χ1) is 11.1. The quantitative estimate of drug-likeness (QED) is 0.776. The molecule has 0 radical (unpaired) electrons. The maximum absolute atomic E-state index is 12.0. The number of piperidine rings is 1. The van der Waals surface area contributed by atoms with E-state index in [1.807, 2.05) is 17.8 Å². The summed E-state index contributed by atoms with van der Waals surface area (Å²) in [7, 11) is 3.36. The highest BCUT2D eigenvalue weighted by Crippen LogP contribution is 2.31. The number of ether oxygens (including phenoxy) is 1. The summed E-state index contributed by atoms with van der Waals surface area (Å²) >= 11 is 0. The summed E-state index contributed by atoms with van der Waals surface area (Å²) < 4.78 is 6.84. The van der Waals surface area contributed by atoms with Gasteiger partial charge in [0.2, 0.25) is 0 Å². The maximum atomic E-state index is 12.0. The number of imidazole rings is 1. The Labute approximate surface area is 138 Å². The van der Waals surface area contributed by atoms with Gasteiger partial charge in [0.25, 0.3) is 0 Å². The van der Waals surface area contributed by atoms with Crippen LogP contribution in [0.2, 0.25) is 0 Å². The molecule has 1 fully saturated rings. The number of aryl methyl sites for hydroxylation is 1. The minimum absolute atomic E-state index is 0.137. The Hall–Kier alpha value is -1.40. The summed E-state index contributed by atoms with van der Waals surface area (Å²) in [5, 5.41) is 10.5. The average molecular weight is 323 g/mol. The van der Waals surface area contributed by atoms with Gasteiger partial charge in [-0.15, -0.1) is 0 Å². The number of aliphatic hydroxyl groups is 1. The van der Waals surface area contributed by atoms with Crippen molar-refractivity contribution in [1.82, 2.24) is 14.5 Å². The van der Waals surface area contributed by atoms with Crippen molar-refractivity contribution in [3.8, 4) is 0 Å². The van der Waals surface area contributed by atoms with Crippen LogP contribution >= 0.6 is 0 Å². The zero-order valence-corrected chi connectivity index (χ0v) is 14.4. The summed E-state index contributed by atoms with van der Waals surface area (Å²) in [6, 6.07) is -0.147. The molecule has 0 aromatic carbocycles. The van der Waals surface area contributed by atoms with Crippen LogP contribution in [0.5, 0.6) is 0 Å². The van der Waals surface area contributed by atoms with E-state index in [1.54, 1.807) is 6.20 Å². The van der Waals surface area contributed by atoms with E-state index in [0.29, 0.717) is 0 Å². The Bertz CT molecular complexity index is 495. The summed E-state index contributed by atoms with van der Waals surface area (Å²) in [6.45, 7) is 3.76. The van der Waals surface area contributed by atoms with E-state index < -0.39 is 6.10 Å². The normalized spacial score (nSPS) is 19.5. The fourth-order valence-corrected chi connectivity index (χ4v) is 3.40. The highest BCUT2D eigenvalue weighted by atomic mass is 16.5. The molecule has 6 heteroatoms. The lowest BCUT2D eigenvalue weighted by atomic mass is 9.89. The van der Waals surface area contributed by atoms with Gasteiger partial charge in [0.05, 0.1) is 7.11 Å². The largest absolute Gasteiger partial charge is 0.468 e. The van der Waals surface area contributed by atoms with Crippen molar-refractivity contribution < 1.29 is 14.6 Å². The molecule has 1 aliphatic heterocycles. The number of hydrogen-bond donors (Lipinski definition) is 1. The molecule has 0 saturated carbocycles. The Balaban J connectivity index is 1.93. The highest BCUT2D eigenvalue weighted by Gasteiger charge is 2.33. The molecule has 2 heterocycles. The molecule has 1 N–H and O–H groups in total. The van der Waals surface area contributed by atoms with E-state index in [1.165, 1.54) is 7.11 Å². The van der Waals surface area contributed by atoms with Gasteiger partial charge >= 0.3 is 5.97 Å². The topological polar surface area (TPSA) is 67.6 Å². The summed E-state index contributed by atoms with van der Waals surface area (Å²) in [5.41, 5.74) is 0. The molecule has 0 aliphatic carbocycles. The Morgan fingerprint density at radius 1 is 1.48 bits per heavy atom. The van der Waals surface area contributed by atoms with Gasteiger partial charge in [-0.05, 0) is 38.3 Å². The van der Waals surface area contributed by atoms with Gasteiger partial charge in [-0.25, -0.2) is 4.98 Å². The minimum Gasteiger partial charge on any atom is -0.468 e. The van der Waals surface area contributed by atoms with E-state index in [4.69, 9.17) is 4.74 Å². The third-order valence-electron chi connectivity index (χ3n) is 4.89. The van der Waals surface area contributed by atoms with Crippen LogP contribution in [-0.4, -0.2) is 51.8 Å². The second kappa shape index (κ2) is 8.45. The second-order valence-corrected chi connectivity index (χ2v) is 6.40. The van der Waals surface area contributed by atoms with Gasteiger partial charge in [0.1, 0.15) is 18.0 Å². The number of nitrogens with zero attached hydrogens (tertiary/aromatic N) is 3. The number of methoxy groups -OCH3 is 1. The lowest BCUT2D eigenvalue weighted by Crippen LogP contribution is -2.46.